The molecule has 148 valence electrons. The number of halogens is 3. The highest BCUT2D eigenvalue weighted by Crippen LogP contribution is 2.54. The van der Waals surface area contributed by atoms with E-state index in [1.807, 2.05) is 6.92 Å². The van der Waals surface area contributed by atoms with Crippen molar-refractivity contribution in [3.8, 4) is 5.75 Å². The summed E-state index contributed by atoms with van der Waals surface area (Å²) in [5.41, 5.74) is 0.214. The molecule has 6 nitrogen and oxygen atoms in total. The lowest BCUT2D eigenvalue weighted by molar-refractivity contribution is -0.132. The Morgan fingerprint density at radius 2 is 2.07 bits per heavy atom. The first-order valence-electron chi connectivity index (χ1n) is 8.78. The molecule has 0 radical (unpaired) electrons. The highest BCUT2D eigenvalue weighted by molar-refractivity contribution is 5.89. The van der Waals surface area contributed by atoms with Gasteiger partial charge in [0.15, 0.2) is 11.6 Å². The smallest absolute Gasteiger partial charge is 0.387 e. The monoisotopic (exact) mass is 385 g/mol. The lowest BCUT2D eigenvalue weighted by Gasteiger charge is -2.32. The molecule has 3 atom stereocenters. The summed E-state index contributed by atoms with van der Waals surface area (Å²) in [6.07, 6.45) is 1.35. The Bertz CT molecular complexity index is 740. The van der Waals surface area contributed by atoms with Gasteiger partial charge in [-0.05, 0) is 42.9 Å². The third-order valence-electron chi connectivity index (χ3n) is 5.06. The van der Waals surface area contributed by atoms with Gasteiger partial charge in [0, 0.05) is 0 Å². The maximum Gasteiger partial charge on any atom is 0.387 e. The van der Waals surface area contributed by atoms with Gasteiger partial charge in [-0.1, -0.05) is 13.0 Å². The van der Waals surface area contributed by atoms with Crippen LogP contribution in [0.2, 0.25) is 0 Å². The van der Waals surface area contributed by atoms with Crippen molar-refractivity contribution < 1.29 is 27.5 Å². The molecule has 2 amide bonds. The molecular weight excluding hydrogens is 363 g/mol. The largest absolute Gasteiger partial charge is 0.432 e. The minimum Gasteiger partial charge on any atom is -0.432 e. The molecule has 3 N–H and O–H groups in total. The van der Waals surface area contributed by atoms with Crippen LogP contribution < -0.4 is 20.7 Å². The van der Waals surface area contributed by atoms with Crippen molar-refractivity contribution in [2.45, 2.75) is 58.0 Å². The molecule has 2 aliphatic rings. The maximum atomic E-state index is 14.1. The fourth-order valence-electron chi connectivity index (χ4n) is 3.33. The zero-order valence-electron chi connectivity index (χ0n) is 15.0. The normalized spacial score (nSPS) is 24.9. The van der Waals surface area contributed by atoms with Crippen molar-refractivity contribution in [1.29, 1.82) is 0 Å². The van der Waals surface area contributed by atoms with E-state index in [1.54, 1.807) is 6.92 Å². The Kier molecular flexibility index (Phi) is 5.32. The van der Waals surface area contributed by atoms with Gasteiger partial charge in [0.2, 0.25) is 11.8 Å². The predicted molar refractivity (Wildman–Crippen MR) is 90.4 cm³/mol. The Balaban J connectivity index is 1.78. The number of ether oxygens (including phenoxy) is 1. The standard InChI is InChI=1S/C18H22F3N3O3/c1-9-22-12(8-14(25)23-9)16(26)24-15(18(2)5-6-18)10-3-4-13(11(19)7-10)27-17(20)21/h3-4,7,9,12,15,17,22H,5-6,8H2,1-2H3,(H,23,25)(H,24,26)/t9?,12?,15-/m0/s1. The highest BCUT2D eigenvalue weighted by atomic mass is 19.3. The van der Waals surface area contributed by atoms with Crippen LogP contribution in [0.25, 0.3) is 0 Å². The quantitative estimate of drug-likeness (QED) is 0.702. The Morgan fingerprint density at radius 3 is 2.63 bits per heavy atom. The number of hydrogen-bond acceptors (Lipinski definition) is 4. The number of alkyl halides is 2. The summed E-state index contributed by atoms with van der Waals surface area (Å²) in [6, 6.07) is 2.53. The third kappa shape index (κ3) is 4.52. The SMILES string of the molecule is CC1NC(=O)CC(C(=O)N[C@@H](c2ccc(OC(F)F)c(F)c2)C2(C)CC2)N1. The van der Waals surface area contributed by atoms with Gasteiger partial charge in [-0.15, -0.1) is 0 Å². The zero-order valence-corrected chi connectivity index (χ0v) is 15.0. The second kappa shape index (κ2) is 7.38. The molecule has 1 saturated heterocycles. The number of carbonyl (C=O) groups is 2. The van der Waals surface area contributed by atoms with Crippen LogP contribution in [0.4, 0.5) is 13.2 Å². The molecule has 0 aromatic heterocycles. The third-order valence-corrected chi connectivity index (χ3v) is 5.06. The molecule has 1 aromatic carbocycles. The van der Waals surface area contributed by atoms with Crippen molar-refractivity contribution in [3.63, 3.8) is 0 Å². The highest BCUT2D eigenvalue weighted by Gasteiger charge is 2.47. The Labute approximate surface area is 154 Å². The Morgan fingerprint density at radius 1 is 1.37 bits per heavy atom. The van der Waals surface area contributed by atoms with Crippen molar-refractivity contribution in [1.82, 2.24) is 16.0 Å². The minimum absolute atomic E-state index is 0.00906. The van der Waals surface area contributed by atoms with E-state index in [1.165, 1.54) is 6.07 Å². The molecule has 3 rings (SSSR count). The van der Waals surface area contributed by atoms with Crippen LogP contribution in [0.15, 0.2) is 18.2 Å². The van der Waals surface area contributed by atoms with Gasteiger partial charge >= 0.3 is 6.61 Å². The molecule has 2 unspecified atom stereocenters. The molecule has 0 bridgehead atoms. The summed E-state index contributed by atoms with van der Waals surface area (Å²) in [7, 11) is 0. The molecule has 27 heavy (non-hydrogen) atoms. The lowest BCUT2D eigenvalue weighted by atomic mass is 9.91. The maximum absolute atomic E-state index is 14.1. The van der Waals surface area contributed by atoms with E-state index < -0.39 is 30.3 Å². The van der Waals surface area contributed by atoms with Gasteiger partial charge in [-0.2, -0.15) is 8.78 Å². The van der Waals surface area contributed by atoms with E-state index in [0.717, 1.165) is 25.0 Å². The van der Waals surface area contributed by atoms with Crippen LogP contribution in [0, 0.1) is 11.2 Å². The number of benzene rings is 1. The van der Waals surface area contributed by atoms with Crippen LogP contribution >= 0.6 is 0 Å². The molecule has 1 heterocycles. The van der Waals surface area contributed by atoms with Crippen LogP contribution in [0.3, 0.4) is 0 Å². The van der Waals surface area contributed by atoms with Crippen LogP contribution in [0.5, 0.6) is 5.75 Å². The second-order valence-corrected chi connectivity index (χ2v) is 7.38. The number of rotatable bonds is 6. The van der Waals surface area contributed by atoms with Crippen molar-refractivity contribution in [2.75, 3.05) is 0 Å². The molecule has 2 fully saturated rings. The van der Waals surface area contributed by atoms with E-state index in [9.17, 15) is 22.8 Å². The molecule has 0 spiro atoms. The topological polar surface area (TPSA) is 79.5 Å². The number of carbonyl (C=O) groups excluding carboxylic acids is 2. The number of hydrogen-bond donors (Lipinski definition) is 3. The lowest BCUT2D eigenvalue weighted by Crippen LogP contribution is -2.60. The van der Waals surface area contributed by atoms with Gasteiger partial charge in [0.1, 0.15) is 0 Å². The summed E-state index contributed by atoms with van der Waals surface area (Å²) in [5, 5.41) is 8.56. The van der Waals surface area contributed by atoms with E-state index in [0.29, 0.717) is 5.56 Å². The Hall–Kier alpha value is -2.29. The summed E-state index contributed by atoms with van der Waals surface area (Å²) >= 11 is 0. The number of amides is 2. The van der Waals surface area contributed by atoms with Gasteiger partial charge < -0.3 is 15.4 Å². The van der Waals surface area contributed by atoms with E-state index in [4.69, 9.17) is 0 Å². The number of nitrogens with one attached hydrogen (secondary N) is 3. The van der Waals surface area contributed by atoms with Crippen molar-refractivity contribution in [3.05, 3.63) is 29.6 Å². The van der Waals surface area contributed by atoms with Crippen molar-refractivity contribution in [2.24, 2.45) is 5.41 Å². The summed E-state index contributed by atoms with van der Waals surface area (Å²) < 4.78 is 42.9. The molecular formula is C18H22F3N3O3. The second-order valence-electron chi connectivity index (χ2n) is 7.38. The molecule has 1 saturated carbocycles. The first kappa shape index (κ1) is 19.5. The van der Waals surface area contributed by atoms with Crippen molar-refractivity contribution >= 4 is 11.8 Å². The minimum atomic E-state index is -3.12. The fraction of sp³-hybridized carbons (Fsp3) is 0.556. The van der Waals surface area contributed by atoms with Gasteiger partial charge in [0.05, 0.1) is 24.7 Å². The summed E-state index contributed by atoms with van der Waals surface area (Å²) in [4.78, 5) is 24.3. The molecule has 1 aliphatic heterocycles. The molecule has 1 aliphatic carbocycles. The van der Waals surface area contributed by atoms with E-state index in [2.05, 4.69) is 20.7 Å². The van der Waals surface area contributed by atoms with Gasteiger partial charge in [-0.3, -0.25) is 14.9 Å². The average Bonchev–Trinajstić information content (AvgIpc) is 3.31. The van der Waals surface area contributed by atoms with Crippen LogP contribution in [0.1, 0.15) is 44.7 Å². The van der Waals surface area contributed by atoms with Crippen LogP contribution in [-0.2, 0) is 9.59 Å². The summed E-state index contributed by atoms with van der Waals surface area (Å²) in [6.45, 7) is 0.573. The molecule has 1 aromatic rings. The van der Waals surface area contributed by atoms with Gasteiger partial charge in [0.25, 0.3) is 0 Å². The van der Waals surface area contributed by atoms with E-state index in [-0.39, 0.29) is 29.8 Å². The van der Waals surface area contributed by atoms with E-state index >= 15 is 0 Å². The fourth-order valence-corrected chi connectivity index (χ4v) is 3.33. The van der Waals surface area contributed by atoms with Crippen LogP contribution in [-0.4, -0.2) is 30.6 Å². The molecule has 9 heteroatoms. The first-order chi connectivity index (χ1) is 12.7. The zero-order chi connectivity index (χ0) is 19.8. The average molecular weight is 385 g/mol. The summed E-state index contributed by atoms with van der Waals surface area (Å²) in [5.74, 6) is -2.04. The predicted octanol–water partition coefficient (Wildman–Crippen LogP) is 2.21. The van der Waals surface area contributed by atoms with Gasteiger partial charge in [-0.25, -0.2) is 4.39 Å². The first-order valence-corrected chi connectivity index (χ1v) is 8.78.